The first kappa shape index (κ1) is 15.5. The van der Waals surface area contributed by atoms with Gasteiger partial charge >= 0.3 is 0 Å². The van der Waals surface area contributed by atoms with Crippen molar-refractivity contribution in [1.82, 2.24) is 0 Å². The predicted molar refractivity (Wildman–Crippen MR) is 46.6 cm³/mol. The number of rotatable bonds is 3. The highest BCUT2D eigenvalue weighted by atomic mass is 19.1. The van der Waals surface area contributed by atoms with Crippen LogP contribution >= 0.6 is 0 Å². The van der Waals surface area contributed by atoms with E-state index in [0.29, 0.717) is 0 Å². The number of alkyl halides is 1. The molecule has 1 N–H and O–H groups in total. The Hall–Kier alpha value is -2.51. The molecule has 8 heteroatoms. The van der Waals surface area contributed by atoms with Crippen LogP contribution in [0.2, 0.25) is 0 Å². The molecule has 18 heavy (non-hydrogen) atoms. The van der Waals surface area contributed by atoms with Gasteiger partial charge in [0, 0.05) is 11.6 Å². The van der Waals surface area contributed by atoms with E-state index in [1.165, 1.54) is 5.56 Å². The van der Waals surface area contributed by atoms with Crippen LogP contribution in [0, 0.1) is 6.92 Å². The molecule has 0 saturated carbocycles. The highest BCUT2D eigenvalue weighted by Gasteiger charge is 2.35. The van der Waals surface area contributed by atoms with E-state index >= 15 is 0 Å². The molecule has 0 amide bonds. The number of carboxylic acid groups (broad SMARTS) is 3. The first-order valence-corrected chi connectivity index (χ1v) is 4.49. The van der Waals surface area contributed by atoms with Crippen LogP contribution in [-0.4, -0.2) is 23.6 Å². The summed E-state index contributed by atoms with van der Waals surface area (Å²) in [4.78, 5) is 31.7. The first-order valence-electron chi connectivity index (χ1n) is 4.49. The van der Waals surface area contributed by atoms with E-state index in [-0.39, 0.29) is 0 Å². The molecule has 1 aromatic heterocycles. The van der Waals surface area contributed by atoms with E-state index < -0.39 is 23.6 Å². The third-order valence-corrected chi connectivity index (χ3v) is 1.71. The van der Waals surface area contributed by atoms with E-state index in [1.807, 2.05) is 18.5 Å². The Kier molecular flexibility index (Phi) is 5.40. The lowest BCUT2D eigenvalue weighted by molar-refractivity contribution is -0.378. The average molecular weight is 257 g/mol. The van der Waals surface area contributed by atoms with Gasteiger partial charge in [-0.1, -0.05) is 0 Å². The monoisotopic (exact) mass is 257 g/mol. The molecular weight excluding hydrogens is 249 g/mol. The molecule has 0 aliphatic carbocycles. The summed E-state index contributed by atoms with van der Waals surface area (Å²) in [5, 5.41) is 28.7. The summed E-state index contributed by atoms with van der Waals surface area (Å²) in [5.74, 6) is -8.80. The smallest absolute Gasteiger partial charge is 0.228 e. The normalized spacial score (nSPS) is 9.89. The fourth-order valence-corrected chi connectivity index (χ4v) is 0.733. The van der Waals surface area contributed by atoms with Crippen LogP contribution < -0.4 is 20.3 Å². The molecule has 0 bridgehead atoms. The van der Waals surface area contributed by atoms with E-state index in [9.17, 15) is 34.1 Å². The third-order valence-electron chi connectivity index (χ3n) is 1.71. The molecule has 0 atom stereocenters. The average Bonchev–Trinajstić information content (AvgIpc) is 2.28. The van der Waals surface area contributed by atoms with Crippen molar-refractivity contribution < 1.29 is 39.1 Å². The van der Waals surface area contributed by atoms with Gasteiger partial charge in [-0.2, -0.15) is 0 Å². The lowest BCUT2D eigenvalue weighted by Gasteiger charge is -2.27. The van der Waals surface area contributed by atoms with Crippen LogP contribution in [0.5, 0.6) is 0 Å². The number of aromatic amines is 1. The summed E-state index contributed by atoms with van der Waals surface area (Å²) in [6.07, 6.45) is 3.85. The second-order valence-electron chi connectivity index (χ2n) is 3.10. The summed E-state index contributed by atoms with van der Waals surface area (Å²) < 4.78 is 12.2. The Balaban J connectivity index is 0.000000351. The zero-order valence-electron chi connectivity index (χ0n) is 9.14. The molecule has 0 unspecified atom stereocenters. The lowest BCUT2D eigenvalue weighted by Crippen LogP contribution is -2.65. The van der Waals surface area contributed by atoms with Crippen LogP contribution in [0.15, 0.2) is 24.5 Å². The summed E-state index contributed by atoms with van der Waals surface area (Å²) >= 11 is 0. The van der Waals surface area contributed by atoms with E-state index in [1.54, 1.807) is 0 Å². The Morgan fingerprint density at radius 3 is 1.72 bits per heavy atom. The highest BCUT2D eigenvalue weighted by molar-refractivity contribution is 6.18. The summed E-state index contributed by atoms with van der Waals surface area (Å²) in [6.45, 7) is 2.05. The molecule has 0 aliphatic rings. The lowest BCUT2D eigenvalue weighted by atomic mass is 10.1. The van der Waals surface area contributed by atoms with Crippen LogP contribution in [0.4, 0.5) is 4.39 Å². The van der Waals surface area contributed by atoms with E-state index in [2.05, 4.69) is 18.0 Å². The maximum Gasteiger partial charge on any atom is 0.228 e. The number of aryl methyl sites for hydroxylation is 1. The standard InChI is InChI=1S/C6H7N.C4H3FO6/c1-6-3-2-4-7-5-6;5-4(1(6)7,2(8)9)3(10)11/h2-5H,1H3;(H,6,7)(H,8,9)(H,10,11)/p-2. The fourth-order valence-electron chi connectivity index (χ4n) is 0.733. The number of pyridine rings is 1. The molecular formula is C10H8FNO6-2. The van der Waals surface area contributed by atoms with Crippen molar-refractivity contribution in [2.24, 2.45) is 0 Å². The largest absolute Gasteiger partial charge is 0.546 e. The van der Waals surface area contributed by atoms with Crippen molar-refractivity contribution in [1.29, 1.82) is 0 Å². The Bertz CT molecular complexity index is 411. The molecule has 98 valence electrons. The summed E-state index contributed by atoms with van der Waals surface area (Å²) in [6, 6.07) is 4.03. The second kappa shape index (κ2) is 6.28. The van der Waals surface area contributed by atoms with Crippen LogP contribution in [0.1, 0.15) is 5.56 Å². The molecule has 0 radical (unpaired) electrons. The molecule has 0 spiro atoms. The number of carbonyl (C=O) groups excluding carboxylic acids is 3. The first-order chi connectivity index (χ1) is 8.22. The van der Waals surface area contributed by atoms with Gasteiger partial charge in [-0.15, -0.1) is 0 Å². The van der Waals surface area contributed by atoms with Crippen molar-refractivity contribution in [2.45, 2.75) is 12.6 Å². The number of carbonyl (C=O) groups is 3. The maximum atomic E-state index is 12.2. The number of hydrogen-bond acceptors (Lipinski definition) is 6. The molecule has 1 aromatic rings. The highest BCUT2D eigenvalue weighted by Crippen LogP contribution is 2.06. The minimum Gasteiger partial charge on any atom is -0.546 e. The molecule has 0 fully saturated rings. The number of aliphatic carboxylic acids is 3. The van der Waals surface area contributed by atoms with Gasteiger partial charge < -0.3 is 29.7 Å². The molecule has 1 heterocycles. The molecule has 7 nitrogen and oxygen atoms in total. The van der Waals surface area contributed by atoms with Crippen LogP contribution in [0.25, 0.3) is 0 Å². The van der Waals surface area contributed by atoms with Crippen molar-refractivity contribution in [3.05, 3.63) is 30.1 Å². The van der Waals surface area contributed by atoms with Gasteiger partial charge in [0.05, 0.1) is 17.9 Å². The third kappa shape index (κ3) is 3.81. The minimum atomic E-state index is -4.58. The molecule has 1 rings (SSSR count). The van der Waals surface area contributed by atoms with Gasteiger partial charge in [-0.25, -0.2) is 9.37 Å². The SMILES string of the molecule is Cc1ccc[nH+]c1.O=C([O-])C(F)(C(=O)[O-])C(=O)[O-]. The van der Waals surface area contributed by atoms with Gasteiger partial charge in [0.2, 0.25) is 5.67 Å². The van der Waals surface area contributed by atoms with Crippen molar-refractivity contribution in [3.8, 4) is 0 Å². The van der Waals surface area contributed by atoms with Crippen molar-refractivity contribution >= 4 is 17.9 Å². The van der Waals surface area contributed by atoms with Gasteiger partial charge in [-0.05, 0) is 13.0 Å². The number of hydrogen-bond donors (Lipinski definition) is 0. The second-order valence-corrected chi connectivity index (χ2v) is 3.10. The minimum absolute atomic E-state index is 1.27. The zero-order valence-corrected chi connectivity index (χ0v) is 9.14. The summed E-state index contributed by atoms with van der Waals surface area (Å²) in [7, 11) is 0. The van der Waals surface area contributed by atoms with Gasteiger partial charge in [0.1, 0.15) is 0 Å². The number of H-pyrrole nitrogens is 1. The predicted octanol–water partition coefficient (Wildman–Crippen LogP) is -4.25. The van der Waals surface area contributed by atoms with E-state index in [0.717, 1.165) is 0 Å². The van der Waals surface area contributed by atoms with Crippen molar-refractivity contribution in [2.75, 3.05) is 0 Å². The maximum absolute atomic E-state index is 12.2. The molecule has 0 aliphatic heterocycles. The number of aromatic nitrogens is 1. The topological polar surface area (TPSA) is 135 Å². The molecule has 0 aromatic carbocycles. The van der Waals surface area contributed by atoms with Crippen LogP contribution in [0.3, 0.4) is 0 Å². The summed E-state index contributed by atoms with van der Waals surface area (Å²) in [5.41, 5.74) is -3.32. The van der Waals surface area contributed by atoms with Gasteiger partial charge in [0.25, 0.3) is 0 Å². The zero-order chi connectivity index (χ0) is 14.3. The number of halogens is 1. The van der Waals surface area contributed by atoms with Crippen LogP contribution in [-0.2, 0) is 14.4 Å². The fraction of sp³-hybridized carbons (Fsp3) is 0.200. The number of nitrogens with one attached hydrogen (secondary N) is 1. The van der Waals surface area contributed by atoms with Crippen molar-refractivity contribution in [3.63, 3.8) is 0 Å². The van der Waals surface area contributed by atoms with E-state index in [4.69, 9.17) is 0 Å². The molecule has 0 saturated heterocycles. The Morgan fingerprint density at radius 2 is 1.61 bits per heavy atom. The Labute approximate surface area is 101 Å². The van der Waals surface area contributed by atoms with Gasteiger partial charge in [-0.3, -0.25) is 0 Å². The number of carboxylic acids is 3. The Morgan fingerprint density at radius 1 is 1.17 bits per heavy atom. The van der Waals surface area contributed by atoms with Gasteiger partial charge in [0.15, 0.2) is 12.4 Å². The quantitative estimate of drug-likeness (QED) is 0.503.